The first-order chi connectivity index (χ1) is 10.6. The van der Waals surface area contributed by atoms with Crippen LogP contribution in [0.5, 0.6) is 0 Å². The molecule has 2 heterocycles. The Labute approximate surface area is 137 Å². The molecule has 2 N–H and O–H groups in total. The molecular formula is C15H19N3O2S2. The number of ether oxygens (including phenoxy) is 1. The monoisotopic (exact) mass is 337 g/mol. The highest BCUT2D eigenvalue weighted by Crippen LogP contribution is 2.43. The number of aryl methyl sites for hydroxylation is 1. The van der Waals surface area contributed by atoms with E-state index in [1.165, 1.54) is 35.0 Å². The smallest absolute Gasteiger partial charge is 0.316 e. The maximum atomic E-state index is 11.4. The Hall–Kier alpha value is -1.34. The number of carbonyl (C=O) groups excluding carboxylic acids is 1. The van der Waals surface area contributed by atoms with Crippen molar-refractivity contribution in [2.75, 3.05) is 18.1 Å². The highest BCUT2D eigenvalue weighted by atomic mass is 32.2. The minimum Gasteiger partial charge on any atom is -0.465 e. The lowest BCUT2D eigenvalue weighted by atomic mass is 9.87. The molecule has 7 heteroatoms. The van der Waals surface area contributed by atoms with Crippen LogP contribution in [0.25, 0.3) is 10.2 Å². The topological polar surface area (TPSA) is 78.1 Å². The minimum absolute atomic E-state index is 0.209. The molecule has 2 aromatic rings. The molecule has 22 heavy (non-hydrogen) atoms. The first kappa shape index (κ1) is 15.6. The molecule has 0 unspecified atom stereocenters. The molecule has 1 aliphatic carbocycles. The average molecular weight is 337 g/mol. The molecule has 0 saturated carbocycles. The normalized spacial score (nSPS) is 17.5. The number of thioether (sulfide) groups is 1. The maximum absolute atomic E-state index is 11.4. The highest BCUT2D eigenvalue weighted by molar-refractivity contribution is 7.99. The lowest BCUT2D eigenvalue weighted by Crippen LogP contribution is -2.08. The molecule has 1 atom stereocenters. The van der Waals surface area contributed by atoms with Crippen molar-refractivity contribution in [2.24, 2.45) is 0 Å². The Morgan fingerprint density at radius 3 is 3.09 bits per heavy atom. The van der Waals surface area contributed by atoms with Crippen LogP contribution in [-0.4, -0.2) is 28.3 Å². The second kappa shape index (κ2) is 6.42. The lowest BCUT2D eigenvalue weighted by Gasteiger charge is -2.18. The van der Waals surface area contributed by atoms with Crippen LogP contribution in [-0.2, 0) is 16.0 Å². The Balaban J connectivity index is 1.91. The van der Waals surface area contributed by atoms with Crippen molar-refractivity contribution in [3.8, 4) is 0 Å². The fourth-order valence-electron chi connectivity index (χ4n) is 2.89. The number of anilines is 1. The van der Waals surface area contributed by atoms with E-state index in [1.54, 1.807) is 18.3 Å². The zero-order chi connectivity index (χ0) is 15.7. The number of carbonyl (C=O) groups is 1. The van der Waals surface area contributed by atoms with Crippen molar-refractivity contribution in [2.45, 2.75) is 44.2 Å². The van der Waals surface area contributed by atoms with Gasteiger partial charge in [0.1, 0.15) is 10.6 Å². The van der Waals surface area contributed by atoms with Gasteiger partial charge in [-0.3, -0.25) is 4.79 Å². The molecule has 1 aliphatic rings. The second-order valence-corrected chi connectivity index (χ2v) is 7.42. The van der Waals surface area contributed by atoms with Gasteiger partial charge in [0, 0.05) is 4.88 Å². The van der Waals surface area contributed by atoms with Gasteiger partial charge in [-0.15, -0.1) is 11.3 Å². The van der Waals surface area contributed by atoms with Crippen molar-refractivity contribution >= 4 is 45.1 Å². The summed E-state index contributed by atoms with van der Waals surface area (Å²) in [6.45, 7) is 4.42. The number of nitrogens with two attached hydrogens (primary N) is 1. The number of nitrogen functional groups attached to an aromatic ring is 1. The van der Waals surface area contributed by atoms with Gasteiger partial charge < -0.3 is 10.5 Å². The number of aromatic nitrogens is 2. The first-order valence-electron chi connectivity index (χ1n) is 7.47. The van der Waals surface area contributed by atoms with Crippen LogP contribution >= 0.6 is 23.1 Å². The first-order valence-corrected chi connectivity index (χ1v) is 9.27. The summed E-state index contributed by atoms with van der Waals surface area (Å²) < 4.78 is 4.92. The summed E-state index contributed by atoms with van der Waals surface area (Å²) >= 11 is 2.99. The van der Waals surface area contributed by atoms with E-state index in [2.05, 4.69) is 16.9 Å². The van der Waals surface area contributed by atoms with Crippen LogP contribution in [0, 0.1) is 0 Å². The summed E-state index contributed by atoms with van der Waals surface area (Å²) in [6, 6.07) is 0. The van der Waals surface area contributed by atoms with E-state index in [4.69, 9.17) is 10.5 Å². The average Bonchev–Trinajstić information content (AvgIpc) is 2.85. The Kier molecular flexibility index (Phi) is 4.54. The number of thiophene rings is 1. The molecule has 2 aromatic heterocycles. The molecule has 5 nitrogen and oxygen atoms in total. The summed E-state index contributed by atoms with van der Waals surface area (Å²) in [4.78, 5) is 22.7. The minimum atomic E-state index is -0.256. The molecule has 3 rings (SSSR count). The van der Waals surface area contributed by atoms with Crippen molar-refractivity contribution < 1.29 is 9.53 Å². The Bertz CT molecular complexity index is 714. The van der Waals surface area contributed by atoms with Crippen molar-refractivity contribution in [1.29, 1.82) is 0 Å². The molecule has 0 aliphatic heterocycles. The predicted molar refractivity (Wildman–Crippen MR) is 90.5 cm³/mol. The quantitative estimate of drug-likeness (QED) is 0.523. The van der Waals surface area contributed by atoms with Gasteiger partial charge in [0.15, 0.2) is 5.16 Å². The largest absolute Gasteiger partial charge is 0.465 e. The summed E-state index contributed by atoms with van der Waals surface area (Å²) in [6.07, 6.45) is 3.52. The number of fused-ring (bicyclic) bond motifs is 3. The number of esters is 1. The van der Waals surface area contributed by atoms with Gasteiger partial charge in [-0.25, -0.2) is 9.97 Å². The zero-order valence-corrected chi connectivity index (χ0v) is 14.4. The van der Waals surface area contributed by atoms with Crippen molar-refractivity contribution in [1.82, 2.24) is 9.97 Å². The summed E-state index contributed by atoms with van der Waals surface area (Å²) in [5, 5.41) is 1.57. The van der Waals surface area contributed by atoms with Gasteiger partial charge >= 0.3 is 5.97 Å². The Morgan fingerprint density at radius 1 is 1.50 bits per heavy atom. The van der Waals surface area contributed by atoms with Gasteiger partial charge in [0.2, 0.25) is 0 Å². The summed E-state index contributed by atoms with van der Waals surface area (Å²) in [5.41, 5.74) is 7.52. The number of hydrogen-bond acceptors (Lipinski definition) is 7. The van der Waals surface area contributed by atoms with Gasteiger partial charge in [0.25, 0.3) is 0 Å². The standard InChI is InChI=1S/C15H19N3O2S2/c1-3-20-10(19)7-21-15-17-13(16)12-11-8(2)5-4-6-9(11)22-14(12)18-15/h8H,3-7H2,1-2H3,(H2,16,17,18)/t8-/m0/s1. The third-order valence-electron chi connectivity index (χ3n) is 3.83. The number of nitrogens with zero attached hydrogens (tertiary/aromatic N) is 2. The van der Waals surface area contributed by atoms with Gasteiger partial charge in [-0.05, 0) is 37.7 Å². The van der Waals surface area contributed by atoms with E-state index < -0.39 is 0 Å². The summed E-state index contributed by atoms with van der Waals surface area (Å²) in [7, 11) is 0. The van der Waals surface area contributed by atoms with E-state index >= 15 is 0 Å². The molecular weight excluding hydrogens is 318 g/mol. The SMILES string of the molecule is CCOC(=O)CSc1nc(N)c2c3c(sc2n1)CCC[C@@H]3C. The third kappa shape index (κ3) is 2.92. The molecule has 118 valence electrons. The van der Waals surface area contributed by atoms with E-state index in [1.807, 2.05) is 0 Å². The lowest BCUT2D eigenvalue weighted by molar-refractivity contribution is -0.139. The van der Waals surface area contributed by atoms with E-state index in [0.717, 1.165) is 16.6 Å². The van der Waals surface area contributed by atoms with Crippen LogP contribution in [0.1, 0.15) is 43.0 Å². The fourth-order valence-corrected chi connectivity index (χ4v) is 4.93. The summed E-state index contributed by atoms with van der Waals surface area (Å²) in [5.74, 6) is 0.998. The van der Waals surface area contributed by atoms with E-state index in [9.17, 15) is 4.79 Å². The molecule has 0 saturated heterocycles. The molecule has 0 radical (unpaired) electrons. The van der Waals surface area contributed by atoms with Crippen LogP contribution in [0.2, 0.25) is 0 Å². The van der Waals surface area contributed by atoms with Crippen LogP contribution in [0.4, 0.5) is 5.82 Å². The van der Waals surface area contributed by atoms with Crippen LogP contribution in [0.15, 0.2) is 5.16 Å². The zero-order valence-electron chi connectivity index (χ0n) is 12.7. The molecule has 0 spiro atoms. The molecule has 0 amide bonds. The third-order valence-corrected chi connectivity index (χ3v) is 5.81. The van der Waals surface area contributed by atoms with Crippen LogP contribution in [0.3, 0.4) is 0 Å². The van der Waals surface area contributed by atoms with Crippen molar-refractivity contribution in [3.63, 3.8) is 0 Å². The second-order valence-electron chi connectivity index (χ2n) is 5.40. The predicted octanol–water partition coefficient (Wildman–Crippen LogP) is 3.37. The number of rotatable bonds is 4. The molecule has 0 fully saturated rings. The van der Waals surface area contributed by atoms with Gasteiger partial charge in [-0.2, -0.15) is 0 Å². The van der Waals surface area contributed by atoms with E-state index in [-0.39, 0.29) is 11.7 Å². The maximum Gasteiger partial charge on any atom is 0.316 e. The number of hydrogen-bond donors (Lipinski definition) is 1. The van der Waals surface area contributed by atoms with E-state index in [0.29, 0.717) is 23.5 Å². The van der Waals surface area contributed by atoms with Gasteiger partial charge in [0.05, 0.1) is 17.7 Å². The highest BCUT2D eigenvalue weighted by Gasteiger charge is 2.25. The fraction of sp³-hybridized carbons (Fsp3) is 0.533. The van der Waals surface area contributed by atoms with Crippen LogP contribution < -0.4 is 5.73 Å². The van der Waals surface area contributed by atoms with Crippen molar-refractivity contribution in [3.05, 3.63) is 10.4 Å². The van der Waals surface area contributed by atoms with Gasteiger partial charge in [-0.1, -0.05) is 18.7 Å². The molecule has 0 bridgehead atoms. The Morgan fingerprint density at radius 2 is 2.32 bits per heavy atom. The molecule has 0 aromatic carbocycles.